The highest BCUT2D eigenvalue weighted by Crippen LogP contribution is 2.58. The molecule has 1 unspecified atom stereocenters. The van der Waals surface area contributed by atoms with E-state index in [1.165, 1.54) is 46.9 Å². The molecule has 0 saturated heterocycles. The predicted molar refractivity (Wildman–Crippen MR) is 179 cm³/mol. The van der Waals surface area contributed by atoms with Gasteiger partial charge in [-0.15, -0.1) is 0 Å². The summed E-state index contributed by atoms with van der Waals surface area (Å²) in [6.07, 6.45) is 9.23. The number of ether oxygens (including phenoxy) is 2. The van der Waals surface area contributed by atoms with Crippen molar-refractivity contribution in [1.29, 1.82) is 5.26 Å². The van der Waals surface area contributed by atoms with Crippen molar-refractivity contribution in [3.05, 3.63) is 137 Å². The first kappa shape index (κ1) is 28.0. The van der Waals surface area contributed by atoms with Gasteiger partial charge in [0, 0.05) is 27.5 Å². The smallest absolute Gasteiger partial charge is 0.178 e. The van der Waals surface area contributed by atoms with Crippen LogP contribution in [-0.2, 0) is 11.0 Å². The lowest BCUT2D eigenvalue weighted by molar-refractivity contribution is 0.163. The summed E-state index contributed by atoms with van der Waals surface area (Å²) in [4.78, 5) is 0. The summed E-state index contributed by atoms with van der Waals surface area (Å²) in [5.74, 6) is 1.77. The van der Waals surface area contributed by atoms with Crippen molar-refractivity contribution in [1.82, 2.24) is 0 Å². The fourth-order valence-corrected chi connectivity index (χ4v) is 7.18. The molecule has 0 amide bonds. The van der Waals surface area contributed by atoms with Crippen LogP contribution in [0.25, 0.3) is 28.0 Å². The molecule has 5 aromatic rings. The van der Waals surface area contributed by atoms with Gasteiger partial charge in [-0.3, -0.25) is 0 Å². The van der Waals surface area contributed by atoms with Gasteiger partial charge in [-0.05, 0) is 64.4 Å². The van der Waals surface area contributed by atoms with E-state index in [4.69, 9.17) is 9.47 Å². The van der Waals surface area contributed by atoms with E-state index in [0.717, 1.165) is 46.6 Å². The van der Waals surface area contributed by atoms with Crippen LogP contribution < -0.4 is 9.47 Å². The molecule has 0 N–H and O–H groups in total. The summed E-state index contributed by atoms with van der Waals surface area (Å²) in [6, 6.07) is 35.9. The summed E-state index contributed by atoms with van der Waals surface area (Å²) >= 11 is 0. The van der Waals surface area contributed by atoms with E-state index in [-0.39, 0.29) is 5.41 Å². The van der Waals surface area contributed by atoms with Crippen molar-refractivity contribution in [2.75, 3.05) is 6.61 Å². The Hall–Kier alpha value is -4.81. The van der Waals surface area contributed by atoms with E-state index in [9.17, 15) is 5.26 Å². The van der Waals surface area contributed by atoms with Gasteiger partial charge < -0.3 is 9.47 Å². The Bertz CT molecular complexity index is 1930. The molecule has 0 bridgehead atoms. The highest BCUT2D eigenvalue weighted by Gasteiger charge is 2.44. The molecule has 1 atom stereocenters. The fraction of sp³-hybridized carbons (Fsp3) is 0.244. The van der Waals surface area contributed by atoms with Crippen LogP contribution in [0.15, 0.2) is 103 Å². The third-order valence-corrected chi connectivity index (χ3v) is 9.42. The molecule has 44 heavy (non-hydrogen) atoms. The number of fused-ring (bicyclic) bond motifs is 8. The fourth-order valence-electron chi connectivity index (χ4n) is 7.18. The quantitative estimate of drug-likeness (QED) is 0.173. The van der Waals surface area contributed by atoms with Gasteiger partial charge in [0.05, 0.1) is 18.2 Å². The van der Waals surface area contributed by atoms with E-state index in [2.05, 4.69) is 124 Å². The Kier molecular flexibility index (Phi) is 7.02. The summed E-state index contributed by atoms with van der Waals surface area (Å²) in [5, 5.41) is 12.0. The predicted octanol–water partition coefficient (Wildman–Crippen LogP) is 10.3. The molecular weight excluding hydrogens is 538 g/mol. The van der Waals surface area contributed by atoms with Crippen LogP contribution in [0.3, 0.4) is 0 Å². The van der Waals surface area contributed by atoms with Gasteiger partial charge in [-0.25, -0.2) is 0 Å². The Morgan fingerprint density at radius 3 is 2.27 bits per heavy atom. The summed E-state index contributed by atoms with van der Waals surface area (Å²) in [6.45, 7) is 7.49. The molecule has 1 aliphatic carbocycles. The average molecular weight is 576 g/mol. The van der Waals surface area contributed by atoms with E-state index in [1.54, 1.807) is 0 Å². The number of hydrogen-bond acceptors (Lipinski definition) is 3. The topological polar surface area (TPSA) is 42.2 Å². The van der Waals surface area contributed by atoms with E-state index >= 15 is 0 Å². The molecule has 0 saturated carbocycles. The Morgan fingerprint density at radius 1 is 0.795 bits per heavy atom. The Balaban J connectivity index is 1.38. The van der Waals surface area contributed by atoms with Crippen molar-refractivity contribution in [3.63, 3.8) is 0 Å². The van der Waals surface area contributed by atoms with Gasteiger partial charge in [-0.2, -0.15) is 5.26 Å². The van der Waals surface area contributed by atoms with E-state index in [1.807, 2.05) is 12.1 Å². The van der Waals surface area contributed by atoms with Crippen molar-refractivity contribution in [2.24, 2.45) is 0 Å². The number of unbranched alkanes of at least 4 members (excludes halogenated alkanes) is 3. The zero-order valence-corrected chi connectivity index (χ0v) is 25.7. The maximum Gasteiger partial charge on any atom is 0.178 e. The Labute approximate surface area is 260 Å². The molecule has 0 spiro atoms. The number of nitrogens with zero attached hydrogens (tertiary/aromatic N) is 1. The maximum atomic E-state index is 9.70. The van der Waals surface area contributed by atoms with Gasteiger partial charge in [0.15, 0.2) is 5.60 Å². The molecule has 1 heterocycles. The minimum Gasteiger partial charge on any atom is -0.494 e. The second kappa shape index (κ2) is 11.0. The van der Waals surface area contributed by atoms with Crippen LogP contribution in [0.4, 0.5) is 0 Å². The largest absolute Gasteiger partial charge is 0.494 e. The lowest BCUT2D eigenvalue weighted by atomic mass is 9.76. The van der Waals surface area contributed by atoms with E-state index in [0.29, 0.717) is 5.56 Å². The second-order valence-corrected chi connectivity index (χ2v) is 12.5. The van der Waals surface area contributed by atoms with E-state index < -0.39 is 5.60 Å². The number of nitriles is 1. The van der Waals surface area contributed by atoms with Crippen molar-refractivity contribution >= 4 is 16.8 Å². The number of benzene rings is 5. The third-order valence-electron chi connectivity index (χ3n) is 9.42. The summed E-state index contributed by atoms with van der Waals surface area (Å²) < 4.78 is 13.4. The molecule has 0 fully saturated rings. The van der Waals surface area contributed by atoms with Crippen molar-refractivity contribution < 1.29 is 9.47 Å². The minimum absolute atomic E-state index is 0.303. The van der Waals surface area contributed by atoms with Gasteiger partial charge in [0.1, 0.15) is 11.5 Å². The molecule has 0 radical (unpaired) electrons. The van der Waals surface area contributed by atoms with Gasteiger partial charge in [0.25, 0.3) is 0 Å². The molecule has 218 valence electrons. The van der Waals surface area contributed by atoms with Crippen LogP contribution in [-0.4, -0.2) is 6.61 Å². The van der Waals surface area contributed by atoms with Crippen LogP contribution >= 0.6 is 0 Å². The molecule has 7 rings (SSSR count). The lowest BCUT2D eigenvalue weighted by Crippen LogP contribution is -2.35. The first-order valence-corrected chi connectivity index (χ1v) is 15.8. The zero-order valence-electron chi connectivity index (χ0n) is 25.7. The van der Waals surface area contributed by atoms with Gasteiger partial charge in [0.2, 0.25) is 0 Å². The first-order chi connectivity index (χ1) is 21.5. The van der Waals surface area contributed by atoms with Gasteiger partial charge in [-0.1, -0.05) is 119 Å². The third kappa shape index (κ3) is 4.40. The van der Waals surface area contributed by atoms with Gasteiger partial charge >= 0.3 is 0 Å². The highest BCUT2D eigenvalue weighted by atomic mass is 16.5. The molecule has 3 nitrogen and oxygen atoms in total. The zero-order chi connectivity index (χ0) is 30.3. The monoisotopic (exact) mass is 575 g/mol. The second-order valence-electron chi connectivity index (χ2n) is 12.5. The molecule has 2 aliphatic rings. The molecule has 1 aliphatic heterocycles. The van der Waals surface area contributed by atoms with Crippen LogP contribution in [0.1, 0.15) is 79.8 Å². The maximum absolute atomic E-state index is 9.70. The van der Waals surface area contributed by atoms with Crippen LogP contribution in [0.5, 0.6) is 11.5 Å². The Morgan fingerprint density at radius 2 is 1.52 bits per heavy atom. The van der Waals surface area contributed by atoms with Crippen molar-refractivity contribution in [3.8, 4) is 28.7 Å². The average Bonchev–Trinajstić information content (AvgIpc) is 3.31. The molecule has 0 aromatic heterocycles. The summed E-state index contributed by atoms with van der Waals surface area (Å²) in [7, 11) is 0. The number of hydrogen-bond donors (Lipinski definition) is 0. The number of rotatable bonds is 8. The normalized spacial score (nSPS) is 17.3. The summed E-state index contributed by atoms with van der Waals surface area (Å²) in [5.41, 5.74) is 7.67. The highest BCUT2D eigenvalue weighted by molar-refractivity contribution is 6.08. The lowest BCUT2D eigenvalue weighted by Gasteiger charge is -2.38. The molecule has 3 heteroatoms. The van der Waals surface area contributed by atoms with Crippen LogP contribution in [0, 0.1) is 11.3 Å². The SMILES string of the molecule is CCCCCCOc1ccc(C2(c3ccccc3)C=Cc3c4c(c5ccccc5c3O2)-c2ccc(C#N)cc2C4(C)C)cc1. The molecular formula is C41H37NO2. The molecule has 5 aromatic carbocycles. The van der Waals surface area contributed by atoms with Crippen LogP contribution in [0.2, 0.25) is 0 Å². The van der Waals surface area contributed by atoms with Crippen molar-refractivity contribution in [2.45, 2.75) is 57.5 Å². The minimum atomic E-state index is -0.811. The standard InChI is InChI=1S/C41H37NO2/c1-4-5-6-12-25-43-31-20-18-30(19-21-31)41(29-13-8-7-9-14-29)24-23-35-38-37(32-15-10-11-16-33(32)39(35)44-41)34-22-17-28(27-42)26-36(34)40(38,2)3/h7-11,13-24,26H,4-6,12,25H2,1-3H3. The first-order valence-electron chi connectivity index (χ1n) is 15.8.